The van der Waals surface area contributed by atoms with E-state index in [0.717, 1.165) is 5.56 Å². The predicted molar refractivity (Wildman–Crippen MR) is 63.2 cm³/mol. The molecule has 0 bridgehead atoms. The number of ketones is 1. The number of hydrogen-bond acceptors (Lipinski definition) is 5. The number of anilines is 1. The van der Waals surface area contributed by atoms with Crippen LogP contribution in [0.1, 0.15) is 21.6 Å². The van der Waals surface area contributed by atoms with Gasteiger partial charge in [-0.15, -0.1) is 0 Å². The lowest BCUT2D eigenvalue weighted by Crippen LogP contribution is -2.23. The maximum Gasteiger partial charge on any atom is 0.298 e. The van der Waals surface area contributed by atoms with Crippen LogP contribution in [0.25, 0.3) is 0 Å². The summed E-state index contributed by atoms with van der Waals surface area (Å²) < 4.78 is 4.42. The summed E-state index contributed by atoms with van der Waals surface area (Å²) in [7, 11) is 0. The molecule has 1 aromatic carbocycles. The number of nitrogens with zero attached hydrogens (tertiary/aromatic N) is 2. The number of carbonyl (C=O) groups is 2. The number of amides is 1. The third-order valence-electron chi connectivity index (χ3n) is 2.40. The van der Waals surface area contributed by atoms with Crippen molar-refractivity contribution in [1.82, 2.24) is 10.3 Å². The minimum atomic E-state index is -0.766. The molecule has 0 unspecified atom stereocenters. The third kappa shape index (κ3) is 2.42. The first-order chi connectivity index (χ1) is 8.58. The Morgan fingerprint density at radius 1 is 1.11 bits per heavy atom. The number of rotatable bonds is 3. The summed E-state index contributed by atoms with van der Waals surface area (Å²) in [6, 6.07) is 6.74. The molecule has 1 heterocycles. The zero-order valence-corrected chi connectivity index (χ0v) is 9.93. The molecule has 6 nitrogen and oxygen atoms in total. The largest absolute Gasteiger partial charge is 0.299 e. The molecule has 1 N–H and O–H groups in total. The van der Waals surface area contributed by atoms with E-state index in [0.29, 0.717) is 11.3 Å². The zero-order chi connectivity index (χ0) is 13.1. The summed E-state index contributed by atoms with van der Waals surface area (Å²) in [4.78, 5) is 23.5. The van der Waals surface area contributed by atoms with Crippen LogP contribution in [0.2, 0.25) is 0 Å². The average molecular weight is 245 g/mol. The molecule has 0 aliphatic carbocycles. The van der Waals surface area contributed by atoms with Gasteiger partial charge in [0.25, 0.3) is 11.7 Å². The molecule has 0 atom stereocenters. The van der Waals surface area contributed by atoms with E-state index in [1.165, 1.54) is 0 Å². The van der Waals surface area contributed by atoms with Gasteiger partial charge in [-0.2, -0.15) is 0 Å². The van der Waals surface area contributed by atoms with E-state index in [9.17, 15) is 9.59 Å². The Kier molecular flexibility index (Phi) is 3.18. The van der Waals surface area contributed by atoms with E-state index >= 15 is 0 Å². The summed E-state index contributed by atoms with van der Waals surface area (Å²) in [5.41, 5.74) is 1.76. The fourth-order valence-corrected chi connectivity index (χ4v) is 1.35. The van der Waals surface area contributed by atoms with Crippen molar-refractivity contribution in [2.45, 2.75) is 13.8 Å². The standard InChI is InChI=1S/C12H11N3O3/c1-7-3-5-9(6-4-7)10(16)12(17)13-11-8(2)14-18-15-11/h3-6H,1-2H3,(H,13,15,17). The van der Waals surface area contributed by atoms with Crippen LogP contribution in [-0.2, 0) is 4.79 Å². The highest BCUT2D eigenvalue weighted by Gasteiger charge is 2.18. The first kappa shape index (κ1) is 12.0. The van der Waals surface area contributed by atoms with E-state index in [4.69, 9.17) is 0 Å². The lowest BCUT2D eigenvalue weighted by molar-refractivity contribution is -0.112. The van der Waals surface area contributed by atoms with Crippen molar-refractivity contribution >= 4 is 17.5 Å². The zero-order valence-electron chi connectivity index (χ0n) is 9.93. The van der Waals surface area contributed by atoms with Crippen LogP contribution in [0, 0.1) is 13.8 Å². The van der Waals surface area contributed by atoms with Crippen LogP contribution in [0.3, 0.4) is 0 Å². The van der Waals surface area contributed by atoms with Gasteiger partial charge < -0.3 is 0 Å². The Morgan fingerprint density at radius 3 is 2.33 bits per heavy atom. The highest BCUT2D eigenvalue weighted by molar-refractivity contribution is 6.46. The van der Waals surface area contributed by atoms with Crippen LogP contribution in [0.4, 0.5) is 5.82 Å². The van der Waals surface area contributed by atoms with Gasteiger partial charge in [0.1, 0.15) is 5.69 Å². The van der Waals surface area contributed by atoms with Crippen molar-refractivity contribution in [2.24, 2.45) is 0 Å². The summed E-state index contributed by atoms with van der Waals surface area (Å²) >= 11 is 0. The maximum absolute atomic E-state index is 11.8. The molecule has 0 fully saturated rings. The normalized spacial score (nSPS) is 10.1. The van der Waals surface area contributed by atoms with E-state index in [1.807, 2.05) is 6.92 Å². The van der Waals surface area contributed by atoms with Crippen LogP contribution in [-0.4, -0.2) is 22.0 Å². The predicted octanol–water partition coefficient (Wildman–Crippen LogP) is 1.51. The second-order valence-corrected chi connectivity index (χ2v) is 3.85. The van der Waals surface area contributed by atoms with Gasteiger partial charge in [0.05, 0.1) is 0 Å². The molecule has 0 radical (unpaired) electrons. The summed E-state index contributed by atoms with van der Waals surface area (Å²) in [5, 5.41) is 9.32. The topological polar surface area (TPSA) is 85.1 Å². The molecule has 2 rings (SSSR count). The molecular weight excluding hydrogens is 234 g/mol. The van der Waals surface area contributed by atoms with Gasteiger partial charge in [-0.1, -0.05) is 35.0 Å². The molecule has 0 saturated carbocycles. The maximum atomic E-state index is 11.8. The Hall–Kier alpha value is -2.50. The highest BCUT2D eigenvalue weighted by Crippen LogP contribution is 2.09. The molecule has 1 amide bonds. The Balaban J connectivity index is 2.12. The van der Waals surface area contributed by atoms with Crippen LogP contribution < -0.4 is 5.32 Å². The Labute approximate surface area is 103 Å². The van der Waals surface area contributed by atoms with E-state index in [-0.39, 0.29) is 5.82 Å². The SMILES string of the molecule is Cc1ccc(C(=O)C(=O)Nc2nonc2C)cc1. The smallest absolute Gasteiger partial charge is 0.298 e. The third-order valence-corrected chi connectivity index (χ3v) is 2.40. The number of aryl methyl sites for hydroxylation is 2. The Morgan fingerprint density at radius 2 is 1.78 bits per heavy atom. The number of hydrogen-bond donors (Lipinski definition) is 1. The van der Waals surface area contributed by atoms with Crippen LogP contribution >= 0.6 is 0 Å². The van der Waals surface area contributed by atoms with E-state index < -0.39 is 11.7 Å². The number of nitrogens with one attached hydrogen (secondary N) is 1. The first-order valence-corrected chi connectivity index (χ1v) is 5.29. The van der Waals surface area contributed by atoms with Crippen molar-refractivity contribution < 1.29 is 14.2 Å². The van der Waals surface area contributed by atoms with E-state index in [1.54, 1.807) is 31.2 Å². The molecule has 18 heavy (non-hydrogen) atoms. The number of carbonyl (C=O) groups excluding carboxylic acids is 2. The molecule has 1 aromatic heterocycles. The summed E-state index contributed by atoms with van der Waals surface area (Å²) in [6.45, 7) is 3.52. The second-order valence-electron chi connectivity index (χ2n) is 3.85. The number of aromatic nitrogens is 2. The van der Waals surface area contributed by atoms with Crippen molar-refractivity contribution in [3.8, 4) is 0 Å². The van der Waals surface area contributed by atoms with Gasteiger partial charge in [-0.25, -0.2) is 4.63 Å². The van der Waals surface area contributed by atoms with Crippen LogP contribution in [0.15, 0.2) is 28.9 Å². The quantitative estimate of drug-likeness (QED) is 0.654. The van der Waals surface area contributed by atoms with Crippen molar-refractivity contribution in [1.29, 1.82) is 0 Å². The van der Waals surface area contributed by atoms with E-state index in [2.05, 4.69) is 20.3 Å². The lowest BCUT2D eigenvalue weighted by atomic mass is 10.1. The van der Waals surface area contributed by atoms with Crippen molar-refractivity contribution in [3.05, 3.63) is 41.1 Å². The summed E-state index contributed by atoms with van der Waals surface area (Å²) in [5.74, 6) is -1.24. The number of benzene rings is 1. The molecule has 2 aromatic rings. The first-order valence-electron chi connectivity index (χ1n) is 5.29. The molecule has 0 aliphatic rings. The molecule has 0 aliphatic heterocycles. The van der Waals surface area contributed by atoms with Gasteiger partial charge in [0, 0.05) is 5.56 Å². The highest BCUT2D eigenvalue weighted by atomic mass is 16.6. The molecule has 6 heteroatoms. The molecule has 0 saturated heterocycles. The average Bonchev–Trinajstić information content (AvgIpc) is 2.75. The van der Waals surface area contributed by atoms with Gasteiger partial charge in [-0.3, -0.25) is 14.9 Å². The Bertz CT molecular complexity index is 587. The monoisotopic (exact) mass is 245 g/mol. The molecule has 92 valence electrons. The van der Waals surface area contributed by atoms with Gasteiger partial charge in [-0.05, 0) is 19.0 Å². The van der Waals surface area contributed by atoms with Crippen LogP contribution in [0.5, 0.6) is 0 Å². The number of Topliss-reactive ketones (excluding diaryl/α,β-unsaturated/α-hetero) is 1. The van der Waals surface area contributed by atoms with Gasteiger partial charge >= 0.3 is 0 Å². The lowest BCUT2D eigenvalue weighted by Gasteiger charge is -2.01. The minimum absolute atomic E-state index is 0.153. The van der Waals surface area contributed by atoms with Gasteiger partial charge in [0.15, 0.2) is 0 Å². The molecular formula is C12H11N3O3. The fraction of sp³-hybridized carbons (Fsp3) is 0.167. The summed E-state index contributed by atoms with van der Waals surface area (Å²) in [6.07, 6.45) is 0. The van der Waals surface area contributed by atoms with Crippen molar-refractivity contribution in [3.63, 3.8) is 0 Å². The fourth-order valence-electron chi connectivity index (χ4n) is 1.35. The van der Waals surface area contributed by atoms with Gasteiger partial charge in [0.2, 0.25) is 5.82 Å². The minimum Gasteiger partial charge on any atom is -0.299 e. The second kappa shape index (κ2) is 4.79. The molecule has 0 spiro atoms. The van der Waals surface area contributed by atoms with Crippen molar-refractivity contribution in [2.75, 3.05) is 5.32 Å².